The van der Waals surface area contributed by atoms with Crippen molar-refractivity contribution >= 4 is 11.6 Å². The Morgan fingerprint density at radius 1 is 1.06 bits per heavy atom. The first-order chi connectivity index (χ1) is 8.31. The fraction of sp³-hybridized carbons (Fsp3) is 1.00. The maximum absolute atomic E-state index is 8.66. The Morgan fingerprint density at radius 3 is 2.53 bits per heavy atom. The molecule has 0 amide bonds. The van der Waals surface area contributed by atoms with E-state index >= 15 is 0 Å². The molecule has 2 N–H and O–H groups in total. The molecular weight excluding hydrogens is 238 g/mol. The number of alkyl halides is 1. The Kier molecular flexibility index (Phi) is 5.54. The van der Waals surface area contributed by atoms with Crippen LogP contribution in [-0.2, 0) is 4.89 Å². The van der Waals surface area contributed by atoms with Crippen molar-refractivity contribution in [2.45, 2.75) is 68.8 Å². The van der Waals surface area contributed by atoms with Gasteiger partial charge < -0.3 is 5.32 Å². The normalized spacial score (nSPS) is 36.0. The van der Waals surface area contributed by atoms with Gasteiger partial charge in [0.2, 0.25) is 0 Å². The van der Waals surface area contributed by atoms with Gasteiger partial charge >= 0.3 is 0 Å². The van der Waals surface area contributed by atoms with Gasteiger partial charge in [-0.15, -0.1) is 11.6 Å². The first kappa shape index (κ1) is 13.6. The molecule has 0 aromatic heterocycles. The first-order valence-corrected chi connectivity index (χ1v) is 7.41. The minimum atomic E-state index is 0.186. The van der Waals surface area contributed by atoms with Gasteiger partial charge in [-0.3, -0.25) is 5.26 Å². The van der Waals surface area contributed by atoms with Gasteiger partial charge in [-0.2, -0.15) is 0 Å². The molecule has 3 nitrogen and oxygen atoms in total. The van der Waals surface area contributed by atoms with Crippen molar-refractivity contribution < 1.29 is 10.1 Å². The summed E-state index contributed by atoms with van der Waals surface area (Å²) in [5, 5.41) is 12.6. The molecule has 0 aromatic carbocycles. The summed E-state index contributed by atoms with van der Waals surface area (Å²) in [5.41, 5.74) is 0. The van der Waals surface area contributed by atoms with Gasteiger partial charge in [0.1, 0.15) is 0 Å². The topological polar surface area (TPSA) is 41.5 Å². The van der Waals surface area contributed by atoms with E-state index in [2.05, 4.69) is 10.2 Å². The molecular formula is C13H24ClNO2. The van der Waals surface area contributed by atoms with Crippen LogP contribution >= 0.6 is 11.6 Å². The fourth-order valence-corrected chi connectivity index (χ4v) is 3.73. The zero-order chi connectivity index (χ0) is 12.1. The van der Waals surface area contributed by atoms with E-state index in [4.69, 9.17) is 16.9 Å². The highest BCUT2D eigenvalue weighted by atomic mass is 35.5. The second kappa shape index (κ2) is 6.93. The molecule has 17 heavy (non-hydrogen) atoms. The standard InChI is InChI=1S/C13H24ClNO2/c14-12-8-4-5-10(9-17-16)13(12)15-11-6-2-1-3-7-11/h10-13,15-16H,1-9H2. The molecule has 0 radical (unpaired) electrons. The molecule has 2 saturated carbocycles. The third kappa shape index (κ3) is 3.82. The Hall–Kier alpha value is 0.170. The fourth-order valence-electron chi connectivity index (χ4n) is 3.29. The summed E-state index contributed by atoms with van der Waals surface area (Å²) in [7, 11) is 0. The van der Waals surface area contributed by atoms with Crippen molar-refractivity contribution in [1.29, 1.82) is 0 Å². The molecule has 0 heterocycles. The summed E-state index contributed by atoms with van der Waals surface area (Å²) < 4.78 is 0. The SMILES string of the molecule is OOCC1CCCC(Cl)C1NC1CCCCC1. The summed E-state index contributed by atoms with van der Waals surface area (Å²) in [6.45, 7) is 0.410. The zero-order valence-electron chi connectivity index (χ0n) is 10.4. The van der Waals surface area contributed by atoms with E-state index in [1.54, 1.807) is 0 Å². The average molecular weight is 262 g/mol. The second-order valence-electron chi connectivity index (χ2n) is 5.53. The van der Waals surface area contributed by atoms with Crippen LogP contribution in [0.2, 0.25) is 0 Å². The van der Waals surface area contributed by atoms with Crippen LogP contribution in [0.25, 0.3) is 0 Å². The summed E-state index contributed by atoms with van der Waals surface area (Å²) in [6.07, 6.45) is 9.90. The minimum absolute atomic E-state index is 0.186. The van der Waals surface area contributed by atoms with Crippen molar-refractivity contribution in [2.24, 2.45) is 5.92 Å². The molecule has 2 fully saturated rings. The van der Waals surface area contributed by atoms with Gasteiger partial charge in [0, 0.05) is 23.4 Å². The summed E-state index contributed by atoms with van der Waals surface area (Å²) in [6, 6.07) is 0.926. The van der Waals surface area contributed by atoms with Crippen LogP contribution in [0.1, 0.15) is 51.4 Å². The molecule has 2 rings (SSSR count). The van der Waals surface area contributed by atoms with Crippen LogP contribution in [-0.4, -0.2) is 29.3 Å². The maximum atomic E-state index is 8.66. The summed E-state index contributed by atoms with van der Waals surface area (Å²) in [4.78, 5) is 4.35. The molecule has 100 valence electrons. The van der Waals surface area contributed by atoms with Crippen LogP contribution in [0.5, 0.6) is 0 Å². The van der Waals surface area contributed by atoms with Crippen molar-refractivity contribution in [3.05, 3.63) is 0 Å². The smallest absolute Gasteiger partial charge is 0.0863 e. The molecule has 3 unspecified atom stereocenters. The van der Waals surface area contributed by atoms with Gasteiger partial charge in [0.05, 0.1) is 6.61 Å². The molecule has 0 saturated heterocycles. The van der Waals surface area contributed by atoms with E-state index in [0.717, 1.165) is 19.3 Å². The highest BCUT2D eigenvalue weighted by Crippen LogP contribution is 2.30. The lowest BCUT2D eigenvalue weighted by atomic mass is 9.83. The van der Waals surface area contributed by atoms with Crippen LogP contribution in [0.15, 0.2) is 0 Å². The lowest BCUT2D eigenvalue weighted by molar-refractivity contribution is -0.253. The van der Waals surface area contributed by atoms with Crippen LogP contribution in [0.4, 0.5) is 0 Å². The van der Waals surface area contributed by atoms with Gasteiger partial charge in [0.15, 0.2) is 0 Å². The molecule has 2 aliphatic carbocycles. The minimum Gasteiger partial charge on any atom is -0.309 e. The third-order valence-corrected chi connectivity index (χ3v) is 4.76. The predicted molar refractivity (Wildman–Crippen MR) is 69.4 cm³/mol. The average Bonchev–Trinajstić information content (AvgIpc) is 2.35. The van der Waals surface area contributed by atoms with Crippen molar-refractivity contribution in [2.75, 3.05) is 6.61 Å². The molecule has 0 aliphatic heterocycles. The van der Waals surface area contributed by atoms with E-state index in [9.17, 15) is 0 Å². The van der Waals surface area contributed by atoms with Gasteiger partial charge in [-0.05, 0) is 25.7 Å². The largest absolute Gasteiger partial charge is 0.309 e. The van der Waals surface area contributed by atoms with Crippen molar-refractivity contribution in [1.82, 2.24) is 5.32 Å². The third-order valence-electron chi connectivity index (χ3n) is 4.27. The van der Waals surface area contributed by atoms with Gasteiger partial charge in [-0.25, -0.2) is 4.89 Å². The Labute approximate surface area is 109 Å². The second-order valence-corrected chi connectivity index (χ2v) is 6.09. The number of hydrogen-bond donors (Lipinski definition) is 2. The molecule has 0 spiro atoms. The summed E-state index contributed by atoms with van der Waals surface area (Å²) in [5.74, 6) is 0.359. The molecule has 3 atom stereocenters. The molecule has 4 heteroatoms. The Balaban J connectivity index is 1.88. The monoisotopic (exact) mass is 261 g/mol. The van der Waals surface area contributed by atoms with Crippen LogP contribution < -0.4 is 5.32 Å². The molecule has 2 aliphatic rings. The molecule has 0 aromatic rings. The zero-order valence-corrected chi connectivity index (χ0v) is 11.2. The number of rotatable bonds is 4. The van der Waals surface area contributed by atoms with Crippen molar-refractivity contribution in [3.63, 3.8) is 0 Å². The lowest BCUT2D eigenvalue weighted by Gasteiger charge is -2.38. The lowest BCUT2D eigenvalue weighted by Crippen LogP contribution is -2.51. The van der Waals surface area contributed by atoms with E-state index < -0.39 is 0 Å². The number of nitrogens with one attached hydrogen (secondary N) is 1. The van der Waals surface area contributed by atoms with Gasteiger partial charge in [-0.1, -0.05) is 25.7 Å². The quantitative estimate of drug-likeness (QED) is 0.464. The molecule has 0 bridgehead atoms. The van der Waals surface area contributed by atoms with E-state index in [0.29, 0.717) is 24.6 Å². The van der Waals surface area contributed by atoms with E-state index in [1.807, 2.05) is 0 Å². The van der Waals surface area contributed by atoms with Crippen molar-refractivity contribution in [3.8, 4) is 0 Å². The van der Waals surface area contributed by atoms with Crippen LogP contribution in [0, 0.1) is 5.92 Å². The predicted octanol–water partition coefficient (Wildman–Crippen LogP) is 3.17. The maximum Gasteiger partial charge on any atom is 0.0863 e. The van der Waals surface area contributed by atoms with E-state index in [1.165, 1.54) is 32.1 Å². The highest BCUT2D eigenvalue weighted by Gasteiger charge is 2.33. The number of halogens is 1. The van der Waals surface area contributed by atoms with Crippen LogP contribution in [0.3, 0.4) is 0 Å². The highest BCUT2D eigenvalue weighted by molar-refractivity contribution is 6.21. The first-order valence-electron chi connectivity index (χ1n) is 6.97. The van der Waals surface area contributed by atoms with Gasteiger partial charge in [0.25, 0.3) is 0 Å². The summed E-state index contributed by atoms with van der Waals surface area (Å²) >= 11 is 6.43. The van der Waals surface area contributed by atoms with E-state index in [-0.39, 0.29) is 5.38 Å². The Morgan fingerprint density at radius 2 is 1.82 bits per heavy atom. The Bertz CT molecular complexity index is 219. The number of hydrogen-bond acceptors (Lipinski definition) is 3.